The quantitative estimate of drug-likeness (QED) is 0.0330. The second-order valence-electron chi connectivity index (χ2n) is 16.2. The zero-order chi connectivity index (χ0) is 58.0. The normalized spacial score (nSPS) is 12.2. The lowest BCUT2D eigenvalue weighted by molar-refractivity contribution is -0.174. The average Bonchev–Trinajstić information content (AvgIpc) is 3.93. The summed E-state index contributed by atoms with van der Waals surface area (Å²) in [5, 5.41) is 0. The van der Waals surface area contributed by atoms with Gasteiger partial charge in [0.1, 0.15) is 36.9 Å². The largest absolute Gasteiger partial charge is 0.489 e. The van der Waals surface area contributed by atoms with Gasteiger partial charge in [-0.15, -0.1) is 0 Å². The SMILES string of the molecule is CC(=O)OCOCOC(=O)CN(CC(=O)OCOC(C)=O)c1cc2c(cc1OCCOCCN(CC(=O)OCOC(C)=O)CC(=O)OCOC(C)=O)C1(OC2=O)c2cc(F)c(OC(C)=O)cc2Oc2cc(OC(C)=O)c(F)cc21. The highest BCUT2D eigenvalue weighted by Gasteiger charge is 2.55. The minimum Gasteiger partial charge on any atom is -0.489 e. The van der Waals surface area contributed by atoms with E-state index in [0.29, 0.717) is 0 Å². The lowest BCUT2D eigenvalue weighted by Crippen LogP contribution is -2.39. The Morgan fingerprint density at radius 1 is 0.481 bits per heavy atom. The van der Waals surface area contributed by atoms with Gasteiger partial charge in [-0.2, -0.15) is 0 Å². The van der Waals surface area contributed by atoms with Gasteiger partial charge in [0.25, 0.3) is 0 Å². The number of ether oxygens (including phenoxy) is 15. The number of halogens is 2. The Hall–Kier alpha value is -9.03. The molecule has 0 N–H and O–H groups in total. The van der Waals surface area contributed by atoms with Crippen LogP contribution in [0, 0.1) is 11.6 Å². The highest BCUT2D eigenvalue weighted by molar-refractivity contribution is 5.99. The van der Waals surface area contributed by atoms with Crippen molar-refractivity contribution in [2.45, 2.75) is 47.1 Å². The van der Waals surface area contributed by atoms with E-state index in [4.69, 9.17) is 56.8 Å². The second kappa shape index (κ2) is 28.4. The molecule has 79 heavy (non-hydrogen) atoms. The summed E-state index contributed by atoms with van der Waals surface area (Å²) in [6.07, 6.45) is 0. The molecule has 3 aromatic carbocycles. The maximum absolute atomic E-state index is 16.0. The van der Waals surface area contributed by atoms with Crippen LogP contribution in [0.15, 0.2) is 36.4 Å². The van der Waals surface area contributed by atoms with Gasteiger partial charge < -0.3 is 76.0 Å². The minimum atomic E-state index is -2.39. The van der Waals surface area contributed by atoms with Crippen molar-refractivity contribution in [2.75, 3.05) is 91.4 Å². The third-order valence-electron chi connectivity index (χ3n) is 10.3. The molecule has 2 aliphatic rings. The fourth-order valence-electron chi connectivity index (χ4n) is 7.17. The lowest BCUT2D eigenvalue weighted by Gasteiger charge is -2.37. The summed E-state index contributed by atoms with van der Waals surface area (Å²) in [5.74, 6) is -14.8. The molecule has 0 fully saturated rings. The third-order valence-corrected chi connectivity index (χ3v) is 10.3. The molecule has 5 rings (SSSR count). The maximum Gasteiger partial charge on any atom is 0.340 e. The molecule has 0 aromatic heterocycles. The summed E-state index contributed by atoms with van der Waals surface area (Å²) in [6.45, 7) is -1.53. The van der Waals surface area contributed by atoms with E-state index in [1.54, 1.807) is 0 Å². The fraction of sp³-hybridized carbons (Fsp3) is 0.408. The molecule has 0 aliphatic carbocycles. The number of carbonyl (C=O) groups is 11. The Bertz CT molecular complexity index is 2750. The number of benzene rings is 3. The molecule has 0 unspecified atom stereocenters. The molecule has 426 valence electrons. The number of anilines is 1. The molecule has 30 heteroatoms. The molecule has 0 radical (unpaired) electrons. The monoisotopic (exact) mass is 1120 g/mol. The van der Waals surface area contributed by atoms with Gasteiger partial charge in [0.15, 0.2) is 42.3 Å². The van der Waals surface area contributed by atoms with Crippen LogP contribution in [0.3, 0.4) is 0 Å². The van der Waals surface area contributed by atoms with Crippen LogP contribution in [0.25, 0.3) is 0 Å². The van der Waals surface area contributed by atoms with Crippen molar-refractivity contribution < 1.29 is 133 Å². The summed E-state index contributed by atoms with van der Waals surface area (Å²) in [4.78, 5) is 137. The van der Waals surface area contributed by atoms with Crippen LogP contribution in [0.5, 0.6) is 28.7 Å². The van der Waals surface area contributed by atoms with Crippen LogP contribution in [0.4, 0.5) is 14.5 Å². The Labute approximate surface area is 445 Å². The number of rotatable bonds is 28. The predicted octanol–water partition coefficient (Wildman–Crippen LogP) is 2.12. The smallest absolute Gasteiger partial charge is 0.340 e. The van der Waals surface area contributed by atoms with Gasteiger partial charge in [0.05, 0.1) is 48.7 Å². The minimum absolute atomic E-state index is 0.181. The third kappa shape index (κ3) is 17.5. The zero-order valence-corrected chi connectivity index (χ0v) is 42.9. The molecule has 28 nitrogen and oxygen atoms in total. The molecular weight excluding hydrogens is 1070 g/mol. The summed E-state index contributed by atoms with van der Waals surface area (Å²) >= 11 is 0. The van der Waals surface area contributed by atoms with E-state index in [1.807, 2.05) is 0 Å². The predicted molar refractivity (Wildman–Crippen MR) is 249 cm³/mol. The average molecular weight is 1120 g/mol. The van der Waals surface area contributed by atoms with Gasteiger partial charge in [0, 0.05) is 65.8 Å². The molecule has 2 heterocycles. The Morgan fingerprint density at radius 2 is 0.924 bits per heavy atom. The van der Waals surface area contributed by atoms with Crippen molar-refractivity contribution >= 4 is 71.3 Å². The molecule has 0 bridgehead atoms. The second-order valence-corrected chi connectivity index (χ2v) is 16.2. The van der Waals surface area contributed by atoms with E-state index >= 15 is 8.78 Å². The van der Waals surface area contributed by atoms with E-state index in [-0.39, 0.29) is 64.9 Å². The Kier molecular flexibility index (Phi) is 21.8. The van der Waals surface area contributed by atoms with Crippen molar-refractivity contribution in [1.29, 1.82) is 0 Å². The molecule has 0 atom stereocenters. The van der Waals surface area contributed by atoms with Gasteiger partial charge in [-0.1, -0.05) is 0 Å². The lowest BCUT2D eigenvalue weighted by atomic mass is 9.77. The number of fused-ring (bicyclic) bond motifs is 6. The number of esters is 11. The van der Waals surface area contributed by atoms with E-state index in [1.165, 1.54) is 11.0 Å². The first-order valence-corrected chi connectivity index (χ1v) is 23.0. The van der Waals surface area contributed by atoms with E-state index in [2.05, 4.69) is 14.2 Å². The Balaban J connectivity index is 1.57. The van der Waals surface area contributed by atoms with Crippen molar-refractivity contribution in [3.8, 4) is 28.7 Å². The van der Waals surface area contributed by atoms with Crippen LogP contribution >= 0.6 is 0 Å². The van der Waals surface area contributed by atoms with E-state index in [9.17, 15) is 52.7 Å². The Morgan fingerprint density at radius 3 is 1.39 bits per heavy atom. The highest BCUT2D eigenvalue weighted by Crippen LogP contribution is 2.59. The molecular formula is C49H50F2N2O26. The number of hydrogen-bond donors (Lipinski definition) is 0. The van der Waals surface area contributed by atoms with Crippen LogP contribution in [-0.2, 0) is 106 Å². The first kappa shape index (κ1) is 60.8. The summed E-state index contributed by atoms with van der Waals surface area (Å²) < 4.78 is 110. The molecule has 0 saturated heterocycles. The first-order chi connectivity index (χ1) is 37.5. The van der Waals surface area contributed by atoms with Gasteiger partial charge in [0.2, 0.25) is 20.4 Å². The van der Waals surface area contributed by atoms with E-state index < -0.39 is 161 Å². The standard InChI is InChI=1S/C49H50F2N2O26/c1-26(54)68-21-66-22-72-46(62)19-53(20-47(63)75-25-71-29(4)57)38-11-32-33(14-43(38)67-10-9-65-8-7-52(17-44(60)73-23-69-27(2)55)18-45(61)74-24-70-28(3)56)49(79-48(32)64)34-12-36(50)41(76-30(5)58)15-39(34)78-40-16-42(77-31(6)59)37(51)13-35(40)49/h11-16H,7-10,17-25H2,1-6H3. The maximum atomic E-state index is 16.0. The summed E-state index contributed by atoms with van der Waals surface area (Å²) in [7, 11) is 0. The van der Waals surface area contributed by atoms with Crippen molar-refractivity contribution in [3.05, 3.63) is 70.3 Å². The topological polar surface area (TPSA) is 333 Å². The fourth-order valence-corrected chi connectivity index (χ4v) is 7.17. The van der Waals surface area contributed by atoms with E-state index in [0.717, 1.165) is 76.8 Å². The van der Waals surface area contributed by atoms with Crippen molar-refractivity contribution in [3.63, 3.8) is 0 Å². The van der Waals surface area contributed by atoms with Crippen LogP contribution in [0.1, 0.15) is 68.6 Å². The van der Waals surface area contributed by atoms with Gasteiger partial charge in [-0.05, 0) is 24.3 Å². The first-order valence-electron chi connectivity index (χ1n) is 23.0. The van der Waals surface area contributed by atoms with Crippen molar-refractivity contribution in [2.24, 2.45) is 0 Å². The number of nitrogens with zero attached hydrogens (tertiary/aromatic N) is 2. The number of carbonyl (C=O) groups excluding carboxylic acids is 11. The van der Waals surface area contributed by atoms with Crippen LogP contribution < -0.4 is 23.8 Å². The molecule has 1 spiro atoms. The summed E-state index contributed by atoms with van der Waals surface area (Å²) in [6, 6.07) is 5.75. The molecule has 2 aliphatic heterocycles. The highest BCUT2D eigenvalue weighted by atomic mass is 19.1. The van der Waals surface area contributed by atoms with Crippen LogP contribution in [0.2, 0.25) is 0 Å². The van der Waals surface area contributed by atoms with Crippen molar-refractivity contribution in [1.82, 2.24) is 4.90 Å². The number of hydrogen-bond acceptors (Lipinski definition) is 28. The van der Waals surface area contributed by atoms with Gasteiger partial charge in [-0.25, -0.2) is 13.6 Å². The summed E-state index contributed by atoms with van der Waals surface area (Å²) in [5.41, 5.74) is -3.85. The van der Waals surface area contributed by atoms with Gasteiger partial charge >= 0.3 is 65.7 Å². The molecule has 0 amide bonds. The molecule has 0 saturated carbocycles. The van der Waals surface area contributed by atoms with Crippen LogP contribution in [-0.4, -0.2) is 157 Å². The molecule has 3 aromatic rings. The van der Waals surface area contributed by atoms with Gasteiger partial charge in [-0.3, -0.25) is 52.8 Å². The zero-order valence-electron chi connectivity index (χ0n) is 42.9.